The van der Waals surface area contributed by atoms with E-state index >= 15 is 0 Å². The number of carboxylic acids is 1. The highest BCUT2D eigenvalue weighted by atomic mass is 35.5. The maximum Gasteiger partial charge on any atom is 0.360 e. The van der Waals surface area contributed by atoms with Gasteiger partial charge in [-0.2, -0.15) is 0 Å². The molecule has 0 aliphatic heterocycles. The Balaban J connectivity index is 2.23. The molecule has 0 heterocycles. The van der Waals surface area contributed by atoms with Crippen molar-refractivity contribution in [3.05, 3.63) is 64.7 Å². The van der Waals surface area contributed by atoms with Crippen molar-refractivity contribution in [2.75, 3.05) is 0 Å². The third kappa shape index (κ3) is 8.99. The van der Waals surface area contributed by atoms with Crippen LogP contribution < -0.4 is 21.7 Å². The molecule has 11 nitrogen and oxygen atoms in total. The quantitative estimate of drug-likeness (QED) is 0.151. The van der Waals surface area contributed by atoms with Crippen molar-refractivity contribution in [1.29, 1.82) is 5.41 Å². The molecule has 3 amide bonds. The van der Waals surface area contributed by atoms with Crippen LogP contribution in [-0.2, 0) is 16.0 Å². The van der Waals surface area contributed by atoms with Crippen LogP contribution in [0.5, 0.6) is 0 Å². The zero-order valence-corrected chi connectivity index (χ0v) is 20.7. The maximum absolute atomic E-state index is 13.2. The summed E-state index contributed by atoms with van der Waals surface area (Å²) in [5.41, 5.74) is 7.33. The molecule has 3 unspecified atom stereocenters. The summed E-state index contributed by atoms with van der Waals surface area (Å²) in [6.45, 7) is 3.66. The van der Waals surface area contributed by atoms with Gasteiger partial charge in [0.1, 0.15) is 12.1 Å². The molecule has 36 heavy (non-hydrogen) atoms. The number of hydrogen-bond acceptors (Lipinski definition) is 5. The second-order valence-corrected chi connectivity index (χ2v) is 8.51. The molecule has 0 saturated heterocycles. The molecular weight excluding hydrogens is 486 g/mol. The predicted molar refractivity (Wildman–Crippen MR) is 136 cm³/mol. The van der Waals surface area contributed by atoms with E-state index in [1.807, 2.05) is 13.8 Å². The van der Waals surface area contributed by atoms with Gasteiger partial charge in [0.2, 0.25) is 5.91 Å². The molecule has 2 aromatic carbocycles. The first-order chi connectivity index (χ1) is 17.1. The molecule has 0 bridgehead atoms. The predicted octanol–water partition coefficient (Wildman–Crippen LogP) is 3.27. The van der Waals surface area contributed by atoms with E-state index in [4.69, 9.17) is 22.7 Å². The fourth-order valence-corrected chi connectivity index (χ4v) is 3.58. The van der Waals surface area contributed by atoms with Gasteiger partial charge >= 0.3 is 12.0 Å². The zero-order valence-electron chi connectivity index (χ0n) is 20.0. The van der Waals surface area contributed by atoms with Gasteiger partial charge in [-0.3, -0.25) is 10.2 Å². The molecule has 0 spiro atoms. The number of nitrogens with two attached hydrogens (primary N) is 1. The second-order valence-electron chi connectivity index (χ2n) is 8.10. The molecule has 0 aliphatic carbocycles. The topological polar surface area (TPSA) is 182 Å². The number of azo groups is 1. The summed E-state index contributed by atoms with van der Waals surface area (Å²) in [6, 6.07) is 9.57. The number of amides is 3. The van der Waals surface area contributed by atoms with Gasteiger partial charge in [0.05, 0.1) is 11.7 Å². The Bertz CT molecular complexity index is 1110. The normalized spacial score (nSPS) is 13.4. The van der Waals surface area contributed by atoms with Crippen LogP contribution >= 0.6 is 11.6 Å². The molecule has 0 radical (unpaired) electrons. The lowest BCUT2D eigenvalue weighted by Gasteiger charge is -2.27. The second kappa shape index (κ2) is 13.8. The lowest BCUT2D eigenvalue weighted by Crippen LogP contribution is -2.60. The van der Waals surface area contributed by atoms with Crippen molar-refractivity contribution in [3.8, 4) is 0 Å². The van der Waals surface area contributed by atoms with E-state index in [9.17, 15) is 19.5 Å². The molecular formula is C24H30ClN7O4. The van der Waals surface area contributed by atoms with Gasteiger partial charge in [-0.1, -0.05) is 66.5 Å². The van der Waals surface area contributed by atoms with Gasteiger partial charge in [-0.05, 0) is 36.6 Å². The summed E-state index contributed by atoms with van der Waals surface area (Å²) in [7, 11) is 0. The van der Waals surface area contributed by atoms with Crippen LogP contribution in [0.25, 0.3) is 0 Å². The molecule has 2 aromatic rings. The molecule has 7 N–H and O–H groups in total. The molecule has 12 heteroatoms. The third-order valence-corrected chi connectivity index (χ3v) is 5.62. The number of carbonyl (C=O) groups is 3. The smallest absolute Gasteiger partial charge is 0.360 e. The Morgan fingerprint density at radius 1 is 1.11 bits per heavy atom. The monoisotopic (exact) mass is 515 g/mol. The first kappa shape index (κ1) is 28.2. The average molecular weight is 516 g/mol. The maximum atomic E-state index is 13.2. The molecule has 3 atom stereocenters. The number of halogens is 1. The fourth-order valence-electron chi connectivity index (χ4n) is 3.41. The third-order valence-electron chi connectivity index (χ3n) is 5.22. The summed E-state index contributed by atoms with van der Waals surface area (Å²) >= 11 is 6.07. The number of urea groups is 1. The summed E-state index contributed by atoms with van der Waals surface area (Å²) < 4.78 is 0. The summed E-state index contributed by atoms with van der Waals surface area (Å²) in [5.74, 6) is -2.46. The van der Waals surface area contributed by atoms with Gasteiger partial charge in [-0.15, -0.1) is 5.11 Å². The minimum Gasteiger partial charge on any atom is -0.480 e. The highest BCUT2D eigenvalue weighted by molar-refractivity contribution is 6.31. The van der Waals surface area contributed by atoms with Crippen LogP contribution in [0.4, 0.5) is 10.5 Å². The zero-order chi connectivity index (χ0) is 26.7. The highest BCUT2D eigenvalue weighted by Gasteiger charge is 2.32. The number of nitrogens with zero attached hydrogens (tertiary/aromatic N) is 2. The Morgan fingerprint density at radius 2 is 1.81 bits per heavy atom. The largest absolute Gasteiger partial charge is 0.480 e. The Labute approximate surface area is 214 Å². The molecule has 2 rings (SSSR count). The number of hydrogen-bond donors (Lipinski definition) is 6. The number of carboxylic acid groups (broad SMARTS) is 1. The fraction of sp³-hybridized carbons (Fsp3) is 0.333. The Hall–Kier alpha value is -3.99. The number of aliphatic carboxylic acids is 1. The summed E-state index contributed by atoms with van der Waals surface area (Å²) in [5, 5.41) is 32.7. The Kier molecular flexibility index (Phi) is 10.8. The minimum absolute atomic E-state index is 0.0786. The van der Waals surface area contributed by atoms with Crippen LogP contribution in [0.1, 0.15) is 30.9 Å². The SMILES string of the molecule is CCCC(NC(=N)N)C(NC(=O)C(Cc1ccccc1)NC(=O)/N=N/c1ccc(C)c(Cl)c1)C(=O)O. The molecule has 0 aromatic heterocycles. The number of carbonyl (C=O) groups excluding carboxylic acids is 2. The number of guanidine groups is 1. The van der Waals surface area contributed by atoms with Gasteiger partial charge in [0, 0.05) is 11.4 Å². The van der Waals surface area contributed by atoms with Crippen molar-refractivity contribution in [2.24, 2.45) is 16.0 Å². The number of rotatable bonds is 11. The number of nitrogens with one attached hydrogen (secondary N) is 4. The molecule has 0 fully saturated rings. The van der Waals surface area contributed by atoms with Crippen LogP contribution in [0, 0.1) is 12.3 Å². The van der Waals surface area contributed by atoms with Crippen molar-refractivity contribution in [2.45, 2.75) is 51.2 Å². The first-order valence-corrected chi connectivity index (χ1v) is 11.6. The van der Waals surface area contributed by atoms with Gasteiger partial charge in [0.15, 0.2) is 5.96 Å². The van der Waals surface area contributed by atoms with E-state index in [1.54, 1.807) is 48.5 Å². The lowest BCUT2D eigenvalue weighted by atomic mass is 10.0. The van der Waals surface area contributed by atoms with Crippen molar-refractivity contribution in [1.82, 2.24) is 16.0 Å². The van der Waals surface area contributed by atoms with Crippen LogP contribution in [0.3, 0.4) is 0 Å². The van der Waals surface area contributed by atoms with Crippen LogP contribution in [-0.4, -0.2) is 47.1 Å². The summed E-state index contributed by atoms with van der Waals surface area (Å²) in [4.78, 5) is 37.6. The molecule has 0 saturated carbocycles. The van der Waals surface area contributed by atoms with E-state index < -0.39 is 42.0 Å². The summed E-state index contributed by atoms with van der Waals surface area (Å²) in [6.07, 6.45) is 0.993. The van der Waals surface area contributed by atoms with Gasteiger partial charge in [-0.25, -0.2) is 9.59 Å². The number of aryl methyl sites for hydroxylation is 1. The highest BCUT2D eigenvalue weighted by Crippen LogP contribution is 2.22. The van der Waals surface area contributed by atoms with Crippen molar-refractivity contribution < 1.29 is 19.5 Å². The van der Waals surface area contributed by atoms with Gasteiger partial charge in [0.25, 0.3) is 0 Å². The van der Waals surface area contributed by atoms with E-state index in [1.165, 1.54) is 0 Å². The first-order valence-electron chi connectivity index (χ1n) is 11.3. The van der Waals surface area contributed by atoms with E-state index in [2.05, 4.69) is 26.2 Å². The van der Waals surface area contributed by atoms with E-state index in [0.29, 0.717) is 23.6 Å². The van der Waals surface area contributed by atoms with E-state index in [0.717, 1.165) is 11.1 Å². The molecule has 0 aliphatic rings. The molecule has 192 valence electrons. The van der Waals surface area contributed by atoms with Crippen molar-refractivity contribution in [3.63, 3.8) is 0 Å². The van der Waals surface area contributed by atoms with Gasteiger partial charge < -0.3 is 26.8 Å². The lowest BCUT2D eigenvalue weighted by molar-refractivity contribution is -0.142. The van der Waals surface area contributed by atoms with Crippen LogP contribution in [0.2, 0.25) is 5.02 Å². The van der Waals surface area contributed by atoms with E-state index in [-0.39, 0.29) is 6.42 Å². The number of benzene rings is 2. The van der Waals surface area contributed by atoms with Crippen LogP contribution in [0.15, 0.2) is 58.8 Å². The minimum atomic E-state index is -1.40. The standard InChI is InChI=1S/C24H30ClN7O4/c1-3-7-18(28-23(26)27)20(22(34)35)30-21(33)19(12-15-8-5-4-6-9-15)29-24(36)32-31-16-11-10-14(2)17(25)13-16/h4-6,8-11,13,18-20H,3,7,12H2,1-2H3,(H,29,36)(H,30,33)(H,34,35)(H4,26,27,28)/b32-31+. The Morgan fingerprint density at radius 3 is 2.39 bits per heavy atom. The van der Waals surface area contributed by atoms with Crippen molar-refractivity contribution >= 4 is 41.2 Å². The average Bonchev–Trinajstić information content (AvgIpc) is 2.82.